The van der Waals surface area contributed by atoms with Crippen LogP contribution in [0.4, 0.5) is 13.2 Å². The predicted molar refractivity (Wildman–Crippen MR) is 91.3 cm³/mol. The van der Waals surface area contributed by atoms with Crippen LogP contribution in [0.15, 0.2) is 30.5 Å². The number of nitrogens with zero attached hydrogens (tertiary/aromatic N) is 2. The molecule has 26 heavy (non-hydrogen) atoms. The molecule has 0 radical (unpaired) electrons. The van der Waals surface area contributed by atoms with Crippen LogP contribution in [0.1, 0.15) is 41.4 Å². The van der Waals surface area contributed by atoms with Gasteiger partial charge in [0.05, 0.1) is 17.4 Å². The van der Waals surface area contributed by atoms with Crippen LogP contribution in [-0.4, -0.2) is 34.3 Å². The molecule has 1 aliphatic rings. The average molecular weight is 366 g/mol. The highest BCUT2D eigenvalue weighted by Gasteiger charge is 2.41. The second kappa shape index (κ2) is 7.11. The maximum absolute atomic E-state index is 13.7. The van der Waals surface area contributed by atoms with Crippen molar-refractivity contribution in [2.24, 2.45) is 0 Å². The van der Waals surface area contributed by atoms with E-state index in [-0.39, 0.29) is 12.1 Å². The van der Waals surface area contributed by atoms with Crippen molar-refractivity contribution < 1.29 is 18.0 Å². The summed E-state index contributed by atoms with van der Waals surface area (Å²) in [6.07, 6.45) is -2.12. The van der Waals surface area contributed by atoms with Gasteiger partial charge in [0.25, 0.3) is 5.91 Å². The summed E-state index contributed by atoms with van der Waals surface area (Å²) in [6.45, 7) is 4.45. The lowest BCUT2D eigenvalue weighted by molar-refractivity contribution is -0.143. The van der Waals surface area contributed by atoms with Crippen molar-refractivity contribution in [2.75, 3.05) is 6.54 Å². The highest BCUT2D eigenvalue weighted by Crippen LogP contribution is 2.34. The first-order valence-corrected chi connectivity index (χ1v) is 8.54. The number of hydrogen-bond donors (Lipinski definition) is 2. The molecule has 1 aliphatic heterocycles. The monoisotopic (exact) mass is 366 g/mol. The van der Waals surface area contributed by atoms with Gasteiger partial charge in [-0.1, -0.05) is 18.2 Å². The van der Waals surface area contributed by atoms with Gasteiger partial charge in [-0.05, 0) is 44.9 Å². The Kier molecular flexibility index (Phi) is 5.04. The third-order valence-corrected chi connectivity index (χ3v) is 4.70. The molecule has 2 heterocycles. The van der Waals surface area contributed by atoms with Crippen molar-refractivity contribution in [1.29, 1.82) is 0 Å². The number of aromatic nitrogens is 2. The Morgan fingerprint density at radius 2 is 2.08 bits per heavy atom. The Hall–Kier alpha value is -2.35. The van der Waals surface area contributed by atoms with Crippen LogP contribution in [0.3, 0.4) is 0 Å². The predicted octanol–water partition coefficient (Wildman–Crippen LogP) is 3.07. The van der Waals surface area contributed by atoms with Crippen molar-refractivity contribution in [3.63, 3.8) is 0 Å². The molecule has 1 saturated heterocycles. The Balaban J connectivity index is 1.97. The van der Waals surface area contributed by atoms with Gasteiger partial charge in [-0.3, -0.25) is 4.79 Å². The van der Waals surface area contributed by atoms with E-state index >= 15 is 0 Å². The quantitative estimate of drug-likeness (QED) is 0.878. The molecule has 1 fully saturated rings. The fraction of sp³-hybridized carbons (Fsp3) is 0.444. The molecule has 0 saturated carbocycles. The van der Waals surface area contributed by atoms with Crippen LogP contribution in [0.25, 0.3) is 5.69 Å². The SMILES string of the molecule is Cc1ccccc1-n1ncc(C(=O)NC2CCCNC2C)c1C(F)(F)F. The summed E-state index contributed by atoms with van der Waals surface area (Å²) in [6, 6.07) is 6.42. The molecule has 2 N–H and O–H groups in total. The summed E-state index contributed by atoms with van der Waals surface area (Å²) in [7, 11) is 0. The van der Waals surface area contributed by atoms with Crippen molar-refractivity contribution in [1.82, 2.24) is 20.4 Å². The Labute approximate surface area is 149 Å². The van der Waals surface area contributed by atoms with Crippen LogP contribution in [0, 0.1) is 6.92 Å². The Morgan fingerprint density at radius 3 is 2.73 bits per heavy atom. The molecule has 8 heteroatoms. The first kappa shape index (κ1) is 18.4. The molecule has 0 bridgehead atoms. The van der Waals surface area contributed by atoms with Crippen LogP contribution >= 0.6 is 0 Å². The third-order valence-electron chi connectivity index (χ3n) is 4.70. The zero-order valence-electron chi connectivity index (χ0n) is 14.6. The molecule has 0 spiro atoms. The van der Waals surface area contributed by atoms with Gasteiger partial charge in [-0.15, -0.1) is 0 Å². The van der Waals surface area contributed by atoms with Crippen molar-refractivity contribution >= 4 is 5.91 Å². The van der Waals surface area contributed by atoms with E-state index in [0.29, 0.717) is 11.3 Å². The number of benzene rings is 1. The number of nitrogens with one attached hydrogen (secondary N) is 2. The van der Waals surface area contributed by atoms with E-state index in [2.05, 4.69) is 15.7 Å². The van der Waals surface area contributed by atoms with Gasteiger partial charge in [-0.2, -0.15) is 18.3 Å². The first-order valence-electron chi connectivity index (χ1n) is 8.54. The fourth-order valence-corrected chi connectivity index (χ4v) is 3.26. The van der Waals surface area contributed by atoms with Crippen LogP contribution in [0.2, 0.25) is 0 Å². The number of amides is 1. The fourth-order valence-electron chi connectivity index (χ4n) is 3.26. The van der Waals surface area contributed by atoms with Crippen molar-refractivity contribution in [3.05, 3.63) is 47.3 Å². The van der Waals surface area contributed by atoms with E-state index in [1.165, 1.54) is 0 Å². The summed E-state index contributed by atoms with van der Waals surface area (Å²) >= 11 is 0. The number of aryl methyl sites for hydroxylation is 1. The molecular formula is C18H21F3N4O. The lowest BCUT2D eigenvalue weighted by atomic mass is 9.99. The topological polar surface area (TPSA) is 59.0 Å². The van der Waals surface area contributed by atoms with Gasteiger partial charge in [-0.25, -0.2) is 4.68 Å². The molecule has 1 aromatic heterocycles. The minimum absolute atomic E-state index is 0.00782. The number of hydrogen-bond acceptors (Lipinski definition) is 3. The number of halogens is 3. The highest BCUT2D eigenvalue weighted by atomic mass is 19.4. The molecule has 5 nitrogen and oxygen atoms in total. The normalized spacial score (nSPS) is 20.8. The zero-order valence-corrected chi connectivity index (χ0v) is 14.6. The van der Waals surface area contributed by atoms with E-state index in [1.807, 2.05) is 6.92 Å². The van der Waals surface area contributed by atoms with Gasteiger partial charge >= 0.3 is 6.18 Å². The third kappa shape index (κ3) is 3.60. The number of alkyl halides is 3. The van der Waals surface area contributed by atoms with Crippen molar-refractivity contribution in [3.8, 4) is 5.69 Å². The Morgan fingerprint density at radius 1 is 1.35 bits per heavy atom. The number of piperidine rings is 1. The first-order chi connectivity index (χ1) is 12.3. The maximum Gasteiger partial charge on any atom is 0.434 e. The molecule has 3 rings (SSSR count). The lowest BCUT2D eigenvalue weighted by Crippen LogP contribution is -2.52. The summed E-state index contributed by atoms with van der Waals surface area (Å²) in [5, 5.41) is 9.80. The molecule has 2 unspecified atom stereocenters. The van der Waals surface area contributed by atoms with E-state index in [9.17, 15) is 18.0 Å². The molecule has 140 valence electrons. The van der Waals surface area contributed by atoms with Gasteiger partial charge in [0.1, 0.15) is 0 Å². The number of para-hydroxylation sites is 1. The molecule has 2 aromatic rings. The largest absolute Gasteiger partial charge is 0.434 e. The van der Waals surface area contributed by atoms with E-state index in [1.54, 1.807) is 31.2 Å². The average Bonchev–Trinajstić information content (AvgIpc) is 3.02. The molecule has 1 amide bonds. The smallest absolute Gasteiger partial charge is 0.348 e. The standard InChI is InChI=1S/C18H21F3N4O/c1-11-6-3-4-8-15(11)25-16(18(19,20)21)13(10-23-25)17(26)24-14-7-5-9-22-12(14)2/h3-4,6,8,10,12,14,22H,5,7,9H2,1-2H3,(H,24,26). The van der Waals surface area contributed by atoms with Gasteiger partial charge < -0.3 is 10.6 Å². The van der Waals surface area contributed by atoms with Crippen LogP contribution in [-0.2, 0) is 6.18 Å². The summed E-state index contributed by atoms with van der Waals surface area (Å²) < 4.78 is 42.0. The summed E-state index contributed by atoms with van der Waals surface area (Å²) in [5.74, 6) is -0.752. The number of carbonyl (C=O) groups excluding carboxylic acids is 1. The Bertz CT molecular complexity index is 800. The van der Waals surface area contributed by atoms with Crippen LogP contribution in [0.5, 0.6) is 0 Å². The second-order valence-electron chi connectivity index (χ2n) is 6.57. The summed E-state index contributed by atoms with van der Waals surface area (Å²) in [4.78, 5) is 12.6. The molecule has 0 aliphatic carbocycles. The van der Waals surface area contributed by atoms with Gasteiger partial charge in [0, 0.05) is 12.1 Å². The summed E-state index contributed by atoms with van der Waals surface area (Å²) in [5.41, 5.74) is -0.580. The molecular weight excluding hydrogens is 345 g/mol. The van der Waals surface area contributed by atoms with Gasteiger partial charge in [0.15, 0.2) is 5.69 Å². The second-order valence-corrected chi connectivity index (χ2v) is 6.57. The number of carbonyl (C=O) groups is 1. The van der Waals surface area contributed by atoms with Crippen molar-refractivity contribution in [2.45, 2.75) is 44.9 Å². The zero-order chi connectivity index (χ0) is 18.9. The molecule has 1 aromatic carbocycles. The lowest BCUT2D eigenvalue weighted by Gasteiger charge is -2.30. The minimum Gasteiger partial charge on any atom is -0.348 e. The van der Waals surface area contributed by atoms with E-state index in [4.69, 9.17) is 0 Å². The van der Waals surface area contributed by atoms with Crippen LogP contribution < -0.4 is 10.6 Å². The number of rotatable bonds is 3. The highest BCUT2D eigenvalue weighted by molar-refractivity contribution is 5.95. The maximum atomic E-state index is 13.7. The van der Waals surface area contributed by atoms with E-state index in [0.717, 1.165) is 30.3 Å². The minimum atomic E-state index is -4.71. The van der Waals surface area contributed by atoms with E-state index < -0.39 is 23.3 Å². The van der Waals surface area contributed by atoms with Gasteiger partial charge in [0.2, 0.25) is 0 Å². The molecule has 2 atom stereocenters.